The monoisotopic (exact) mass is 273 g/mol. The number of hydrogen-bond acceptors (Lipinski definition) is 4. The first-order valence-electron chi connectivity index (χ1n) is 6.57. The van der Waals surface area contributed by atoms with E-state index >= 15 is 0 Å². The second-order valence-corrected chi connectivity index (χ2v) is 4.63. The Morgan fingerprint density at radius 1 is 0.857 bits per heavy atom. The van der Waals surface area contributed by atoms with Gasteiger partial charge in [0.25, 0.3) is 0 Å². The summed E-state index contributed by atoms with van der Waals surface area (Å²) < 4.78 is 1.78. The summed E-state index contributed by atoms with van der Waals surface area (Å²) >= 11 is 0. The molecular weight excluding hydrogens is 262 g/mol. The highest BCUT2D eigenvalue weighted by Crippen LogP contribution is 2.24. The van der Waals surface area contributed by atoms with Crippen molar-refractivity contribution in [3.63, 3.8) is 0 Å². The highest BCUT2D eigenvalue weighted by atomic mass is 15.2. The van der Waals surface area contributed by atoms with Crippen LogP contribution in [0.15, 0.2) is 67.5 Å². The second-order valence-electron chi connectivity index (χ2n) is 4.63. The number of rotatable bonds is 2. The van der Waals surface area contributed by atoms with Gasteiger partial charge in [-0.15, -0.1) is 0 Å². The Kier molecular flexibility index (Phi) is 2.67. The molecule has 3 heterocycles. The lowest BCUT2D eigenvalue weighted by atomic mass is 10.1. The standard InChI is InChI=1S/C16H11N5/c1-2-4-12(5-3-1)14-9-20-21-10-13(8-18-16(14)21)15-6-7-17-11-19-15/h1-11H. The van der Waals surface area contributed by atoms with Crippen molar-refractivity contribution in [2.24, 2.45) is 0 Å². The molecule has 21 heavy (non-hydrogen) atoms. The topological polar surface area (TPSA) is 56.0 Å². The lowest BCUT2D eigenvalue weighted by molar-refractivity contribution is 0.939. The van der Waals surface area contributed by atoms with E-state index in [1.807, 2.05) is 42.9 Å². The van der Waals surface area contributed by atoms with E-state index in [1.165, 1.54) is 6.33 Å². The molecule has 0 N–H and O–H groups in total. The van der Waals surface area contributed by atoms with E-state index in [1.54, 1.807) is 10.7 Å². The van der Waals surface area contributed by atoms with Gasteiger partial charge in [-0.05, 0) is 11.6 Å². The van der Waals surface area contributed by atoms with Gasteiger partial charge in [-0.1, -0.05) is 30.3 Å². The average Bonchev–Trinajstić information content (AvgIpc) is 2.99. The zero-order valence-electron chi connectivity index (χ0n) is 11.1. The van der Waals surface area contributed by atoms with Crippen LogP contribution in [0.5, 0.6) is 0 Å². The molecule has 0 aliphatic rings. The molecule has 4 aromatic rings. The van der Waals surface area contributed by atoms with Crippen molar-refractivity contribution in [2.75, 3.05) is 0 Å². The van der Waals surface area contributed by atoms with Crippen LogP contribution in [0.3, 0.4) is 0 Å². The van der Waals surface area contributed by atoms with Gasteiger partial charge in [-0.2, -0.15) is 5.10 Å². The summed E-state index contributed by atoms with van der Waals surface area (Å²) in [6, 6.07) is 12.0. The number of benzene rings is 1. The quantitative estimate of drug-likeness (QED) is 0.563. The maximum atomic E-state index is 4.53. The van der Waals surface area contributed by atoms with Gasteiger partial charge in [0, 0.05) is 29.7 Å². The van der Waals surface area contributed by atoms with E-state index in [-0.39, 0.29) is 0 Å². The maximum Gasteiger partial charge on any atom is 0.162 e. The third kappa shape index (κ3) is 2.04. The molecular formula is C16H11N5. The molecule has 0 spiro atoms. The van der Waals surface area contributed by atoms with E-state index in [0.717, 1.165) is 28.0 Å². The van der Waals surface area contributed by atoms with Crippen molar-refractivity contribution in [3.8, 4) is 22.4 Å². The van der Waals surface area contributed by atoms with Gasteiger partial charge in [0.1, 0.15) is 6.33 Å². The van der Waals surface area contributed by atoms with E-state index in [0.29, 0.717) is 0 Å². The Morgan fingerprint density at radius 3 is 2.57 bits per heavy atom. The lowest BCUT2D eigenvalue weighted by Crippen LogP contribution is -1.93. The van der Waals surface area contributed by atoms with Crippen molar-refractivity contribution < 1.29 is 0 Å². The van der Waals surface area contributed by atoms with E-state index in [4.69, 9.17) is 0 Å². The maximum absolute atomic E-state index is 4.53. The first-order chi connectivity index (χ1) is 10.4. The molecule has 0 amide bonds. The zero-order chi connectivity index (χ0) is 14.1. The molecule has 0 aliphatic heterocycles. The molecule has 0 fully saturated rings. The van der Waals surface area contributed by atoms with Crippen LogP contribution in [0.1, 0.15) is 0 Å². The van der Waals surface area contributed by atoms with E-state index in [9.17, 15) is 0 Å². The molecule has 0 aliphatic carbocycles. The number of fused-ring (bicyclic) bond motifs is 1. The van der Waals surface area contributed by atoms with Gasteiger partial charge in [0.15, 0.2) is 5.65 Å². The zero-order valence-corrected chi connectivity index (χ0v) is 11.1. The number of hydrogen-bond donors (Lipinski definition) is 0. The Balaban J connectivity index is 1.85. The third-order valence-corrected chi connectivity index (χ3v) is 3.32. The Labute approximate surface area is 121 Å². The SMILES string of the molecule is c1ccc(-c2cnn3cc(-c4ccncn4)cnc23)cc1. The van der Waals surface area contributed by atoms with Crippen LogP contribution < -0.4 is 0 Å². The average molecular weight is 273 g/mol. The predicted molar refractivity (Wildman–Crippen MR) is 79.4 cm³/mol. The molecule has 100 valence electrons. The van der Waals surface area contributed by atoms with Crippen LogP contribution in [0.2, 0.25) is 0 Å². The largest absolute Gasteiger partial charge is 0.245 e. The summed E-state index contributed by atoms with van der Waals surface area (Å²) in [4.78, 5) is 12.7. The van der Waals surface area contributed by atoms with Crippen molar-refractivity contribution in [1.82, 2.24) is 24.6 Å². The van der Waals surface area contributed by atoms with Gasteiger partial charge < -0.3 is 0 Å². The predicted octanol–water partition coefficient (Wildman–Crippen LogP) is 2.85. The highest BCUT2D eigenvalue weighted by Gasteiger charge is 2.09. The normalized spacial score (nSPS) is 10.9. The lowest BCUT2D eigenvalue weighted by Gasteiger charge is -2.02. The summed E-state index contributed by atoms with van der Waals surface area (Å²) in [5, 5.41) is 4.39. The molecule has 3 aromatic heterocycles. The van der Waals surface area contributed by atoms with Gasteiger partial charge in [0.2, 0.25) is 0 Å². The minimum absolute atomic E-state index is 0.830. The van der Waals surface area contributed by atoms with Gasteiger partial charge in [-0.25, -0.2) is 19.5 Å². The fourth-order valence-electron chi connectivity index (χ4n) is 2.29. The molecule has 4 rings (SSSR count). The molecule has 0 radical (unpaired) electrons. The molecule has 5 nitrogen and oxygen atoms in total. The first-order valence-corrected chi connectivity index (χ1v) is 6.57. The molecule has 0 saturated carbocycles. The summed E-state index contributed by atoms with van der Waals surface area (Å²) in [5.41, 5.74) is 4.70. The van der Waals surface area contributed by atoms with E-state index < -0.39 is 0 Å². The summed E-state index contributed by atoms with van der Waals surface area (Å²) in [5.74, 6) is 0. The molecule has 0 unspecified atom stereocenters. The number of nitrogens with zero attached hydrogens (tertiary/aromatic N) is 5. The summed E-state index contributed by atoms with van der Waals surface area (Å²) in [6.07, 6.45) is 8.81. The summed E-state index contributed by atoms with van der Waals surface area (Å²) in [7, 11) is 0. The van der Waals surface area contributed by atoms with Crippen molar-refractivity contribution in [3.05, 3.63) is 67.5 Å². The molecule has 0 saturated heterocycles. The fourth-order valence-corrected chi connectivity index (χ4v) is 2.29. The third-order valence-electron chi connectivity index (χ3n) is 3.32. The van der Waals surface area contributed by atoms with Gasteiger partial charge >= 0.3 is 0 Å². The van der Waals surface area contributed by atoms with Crippen LogP contribution in [0.4, 0.5) is 0 Å². The Morgan fingerprint density at radius 2 is 1.76 bits per heavy atom. The molecule has 1 aromatic carbocycles. The first kappa shape index (κ1) is 11.7. The van der Waals surface area contributed by atoms with Crippen LogP contribution >= 0.6 is 0 Å². The van der Waals surface area contributed by atoms with Crippen molar-refractivity contribution >= 4 is 5.65 Å². The van der Waals surface area contributed by atoms with Crippen LogP contribution in [0.25, 0.3) is 28.0 Å². The number of aromatic nitrogens is 5. The minimum Gasteiger partial charge on any atom is -0.245 e. The van der Waals surface area contributed by atoms with Crippen LogP contribution in [-0.4, -0.2) is 24.6 Å². The van der Waals surface area contributed by atoms with Crippen molar-refractivity contribution in [2.45, 2.75) is 0 Å². The Hall–Kier alpha value is -3.08. The smallest absolute Gasteiger partial charge is 0.162 e. The minimum atomic E-state index is 0.830. The highest BCUT2D eigenvalue weighted by molar-refractivity contribution is 5.77. The van der Waals surface area contributed by atoms with Crippen molar-refractivity contribution in [1.29, 1.82) is 0 Å². The van der Waals surface area contributed by atoms with Crippen LogP contribution in [0, 0.1) is 0 Å². The summed E-state index contributed by atoms with van der Waals surface area (Å²) in [6.45, 7) is 0. The van der Waals surface area contributed by atoms with E-state index in [2.05, 4.69) is 32.2 Å². The molecule has 0 atom stereocenters. The molecule has 5 heteroatoms. The van der Waals surface area contributed by atoms with Crippen LogP contribution in [-0.2, 0) is 0 Å². The second kappa shape index (κ2) is 4.79. The fraction of sp³-hybridized carbons (Fsp3) is 0. The van der Waals surface area contributed by atoms with Gasteiger partial charge in [-0.3, -0.25) is 0 Å². The Bertz CT molecular complexity index is 884. The van der Waals surface area contributed by atoms with Gasteiger partial charge in [0.05, 0.1) is 11.9 Å². The molecule has 0 bridgehead atoms.